The van der Waals surface area contributed by atoms with Crippen LogP contribution in [0.25, 0.3) is 0 Å². The van der Waals surface area contributed by atoms with Gasteiger partial charge in [0.1, 0.15) is 5.75 Å². The minimum atomic E-state index is -4.38. The molecule has 150 valence electrons. The molecule has 0 aromatic heterocycles. The fourth-order valence-corrected chi connectivity index (χ4v) is 3.18. The van der Waals surface area contributed by atoms with Crippen LogP contribution in [0.5, 0.6) is 5.75 Å². The van der Waals surface area contributed by atoms with Crippen molar-refractivity contribution < 1.29 is 22.7 Å². The monoisotopic (exact) mass is 432 g/mol. The summed E-state index contributed by atoms with van der Waals surface area (Å²) in [6.07, 6.45) is -4.38. The molecule has 9 heteroatoms. The summed E-state index contributed by atoms with van der Waals surface area (Å²) >= 11 is 11.7. The van der Waals surface area contributed by atoms with E-state index in [1.807, 2.05) is 4.90 Å². The van der Waals surface area contributed by atoms with Crippen molar-refractivity contribution in [1.82, 2.24) is 4.90 Å². The molecule has 0 saturated carbocycles. The summed E-state index contributed by atoms with van der Waals surface area (Å²) in [5.41, 5.74) is -0.187. The van der Waals surface area contributed by atoms with Crippen LogP contribution in [0, 0.1) is 0 Å². The molecule has 0 aliphatic carbocycles. The normalized spacial score (nSPS) is 14.9. The van der Waals surface area contributed by atoms with Gasteiger partial charge in [-0.1, -0.05) is 29.3 Å². The van der Waals surface area contributed by atoms with Gasteiger partial charge in [-0.15, -0.1) is 0 Å². The lowest BCUT2D eigenvalue weighted by atomic mass is 10.1. The standard InChI is InChI=1S/C19H17Cl2F3N2O2/c20-16-5-4-15(11-17(16)21)28-12-18(27)26-8-6-25(7-9-26)14-3-1-2-13(10-14)19(22,23)24/h1-5,10-11H,6-9,12H2. The van der Waals surface area contributed by atoms with Crippen molar-refractivity contribution in [3.63, 3.8) is 0 Å². The summed E-state index contributed by atoms with van der Waals surface area (Å²) < 4.78 is 44.1. The van der Waals surface area contributed by atoms with Gasteiger partial charge in [0, 0.05) is 37.9 Å². The highest BCUT2D eigenvalue weighted by atomic mass is 35.5. The van der Waals surface area contributed by atoms with Crippen molar-refractivity contribution in [1.29, 1.82) is 0 Å². The Bertz CT molecular complexity index is 853. The zero-order valence-electron chi connectivity index (χ0n) is 14.7. The minimum Gasteiger partial charge on any atom is -0.484 e. The number of benzene rings is 2. The van der Waals surface area contributed by atoms with Gasteiger partial charge < -0.3 is 14.5 Å². The molecule has 1 aliphatic heterocycles. The number of hydrogen-bond acceptors (Lipinski definition) is 3. The van der Waals surface area contributed by atoms with E-state index in [-0.39, 0.29) is 12.5 Å². The Morgan fingerprint density at radius 3 is 2.36 bits per heavy atom. The third-order valence-electron chi connectivity index (χ3n) is 4.42. The van der Waals surface area contributed by atoms with Gasteiger partial charge in [-0.2, -0.15) is 13.2 Å². The number of nitrogens with zero attached hydrogens (tertiary/aromatic N) is 2. The van der Waals surface area contributed by atoms with E-state index >= 15 is 0 Å². The van der Waals surface area contributed by atoms with Crippen LogP contribution in [0.1, 0.15) is 5.56 Å². The van der Waals surface area contributed by atoms with E-state index in [9.17, 15) is 18.0 Å². The molecule has 0 unspecified atom stereocenters. The second kappa shape index (κ2) is 8.49. The smallest absolute Gasteiger partial charge is 0.416 e. The first-order valence-electron chi connectivity index (χ1n) is 8.52. The molecule has 1 heterocycles. The zero-order valence-corrected chi connectivity index (χ0v) is 16.2. The second-order valence-corrected chi connectivity index (χ2v) is 7.09. The van der Waals surface area contributed by atoms with E-state index in [1.54, 1.807) is 23.1 Å². The molecule has 0 bridgehead atoms. The van der Waals surface area contributed by atoms with Gasteiger partial charge in [-0.25, -0.2) is 0 Å². The first-order chi connectivity index (χ1) is 13.2. The summed E-state index contributed by atoms with van der Waals surface area (Å²) in [7, 11) is 0. The molecule has 2 aromatic rings. The van der Waals surface area contributed by atoms with E-state index in [4.69, 9.17) is 27.9 Å². The van der Waals surface area contributed by atoms with Crippen LogP contribution in [0.2, 0.25) is 10.0 Å². The molecule has 0 spiro atoms. The van der Waals surface area contributed by atoms with Gasteiger partial charge in [0.25, 0.3) is 5.91 Å². The SMILES string of the molecule is O=C(COc1ccc(Cl)c(Cl)c1)N1CCN(c2cccc(C(F)(F)F)c2)CC1. The number of hydrogen-bond donors (Lipinski definition) is 0. The van der Waals surface area contributed by atoms with Crippen LogP contribution in [0.3, 0.4) is 0 Å². The number of piperazine rings is 1. The Balaban J connectivity index is 1.53. The average molecular weight is 433 g/mol. The van der Waals surface area contributed by atoms with Gasteiger partial charge >= 0.3 is 6.18 Å². The predicted molar refractivity (Wildman–Crippen MR) is 102 cm³/mol. The number of amides is 1. The molecule has 2 aromatic carbocycles. The molecule has 0 atom stereocenters. The summed E-state index contributed by atoms with van der Waals surface area (Å²) in [6, 6.07) is 9.93. The highest BCUT2D eigenvalue weighted by Crippen LogP contribution is 2.32. The molecule has 1 aliphatic rings. The maximum absolute atomic E-state index is 12.9. The minimum absolute atomic E-state index is 0.151. The van der Waals surface area contributed by atoms with E-state index < -0.39 is 11.7 Å². The van der Waals surface area contributed by atoms with Crippen molar-refractivity contribution in [2.75, 3.05) is 37.7 Å². The number of halogens is 5. The first-order valence-corrected chi connectivity index (χ1v) is 9.27. The molecule has 1 saturated heterocycles. The molecule has 28 heavy (non-hydrogen) atoms. The zero-order chi connectivity index (χ0) is 20.3. The van der Waals surface area contributed by atoms with Crippen molar-refractivity contribution in [3.8, 4) is 5.75 Å². The molecular weight excluding hydrogens is 416 g/mol. The molecule has 3 rings (SSSR count). The first kappa shape index (κ1) is 20.6. The third-order valence-corrected chi connectivity index (χ3v) is 5.16. The van der Waals surface area contributed by atoms with E-state index in [0.29, 0.717) is 47.7 Å². The number of alkyl halides is 3. The van der Waals surface area contributed by atoms with Crippen molar-refractivity contribution in [3.05, 3.63) is 58.1 Å². The van der Waals surface area contributed by atoms with Gasteiger partial charge in [0.15, 0.2) is 6.61 Å². The fraction of sp³-hybridized carbons (Fsp3) is 0.316. The lowest BCUT2D eigenvalue weighted by Crippen LogP contribution is -2.50. The van der Waals surface area contributed by atoms with Crippen LogP contribution in [0.4, 0.5) is 18.9 Å². The summed E-state index contributed by atoms with van der Waals surface area (Å²) in [4.78, 5) is 15.8. The second-order valence-electron chi connectivity index (χ2n) is 6.28. The summed E-state index contributed by atoms with van der Waals surface area (Å²) in [5.74, 6) is 0.236. The Morgan fingerprint density at radius 2 is 1.71 bits per heavy atom. The number of carbonyl (C=O) groups is 1. The van der Waals surface area contributed by atoms with Crippen LogP contribution < -0.4 is 9.64 Å². The average Bonchev–Trinajstić information content (AvgIpc) is 2.68. The number of anilines is 1. The molecule has 1 amide bonds. The number of carbonyl (C=O) groups excluding carboxylic acids is 1. The molecule has 4 nitrogen and oxygen atoms in total. The summed E-state index contributed by atoms with van der Waals surface area (Å²) in [6.45, 7) is 1.54. The molecular formula is C19H17Cl2F3N2O2. The third kappa shape index (κ3) is 5.02. The lowest BCUT2D eigenvalue weighted by molar-refractivity contribution is -0.137. The lowest BCUT2D eigenvalue weighted by Gasteiger charge is -2.36. The van der Waals surface area contributed by atoms with E-state index in [1.165, 1.54) is 12.1 Å². The molecule has 1 fully saturated rings. The maximum Gasteiger partial charge on any atom is 0.416 e. The highest BCUT2D eigenvalue weighted by Gasteiger charge is 2.31. The van der Waals surface area contributed by atoms with Crippen molar-refractivity contribution in [2.45, 2.75) is 6.18 Å². The fourth-order valence-electron chi connectivity index (χ4n) is 2.90. The molecule has 0 N–H and O–H groups in total. The Morgan fingerprint density at radius 1 is 1.00 bits per heavy atom. The largest absolute Gasteiger partial charge is 0.484 e. The molecule has 0 radical (unpaired) electrons. The maximum atomic E-state index is 12.9. The van der Waals surface area contributed by atoms with Crippen molar-refractivity contribution >= 4 is 34.8 Å². The Labute approximate surface area is 170 Å². The van der Waals surface area contributed by atoms with E-state index in [2.05, 4.69) is 0 Å². The van der Waals surface area contributed by atoms with Gasteiger partial charge in [-0.05, 0) is 30.3 Å². The van der Waals surface area contributed by atoms with Gasteiger partial charge in [-0.3, -0.25) is 4.79 Å². The van der Waals surface area contributed by atoms with Crippen LogP contribution >= 0.6 is 23.2 Å². The number of rotatable bonds is 4. The van der Waals surface area contributed by atoms with E-state index in [0.717, 1.165) is 12.1 Å². The van der Waals surface area contributed by atoms with Gasteiger partial charge in [0.2, 0.25) is 0 Å². The Kier molecular flexibility index (Phi) is 6.25. The Hall–Kier alpha value is -2.12. The topological polar surface area (TPSA) is 32.8 Å². The quantitative estimate of drug-likeness (QED) is 0.699. The number of ether oxygens (including phenoxy) is 1. The van der Waals surface area contributed by atoms with Crippen LogP contribution in [-0.4, -0.2) is 43.6 Å². The van der Waals surface area contributed by atoms with Gasteiger partial charge in [0.05, 0.1) is 15.6 Å². The van der Waals surface area contributed by atoms with Crippen LogP contribution in [0.15, 0.2) is 42.5 Å². The van der Waals surface area contributed by atoms with Crippen molar-refractivity contribution in [2.24, 2.45) is 0 Å². The predicted octanol–water partition coefficient (Wildman–Crippen LogP) is 4.74. The summed E-state index contributed by atoms with van der Waals surface area (Å²) in [5, 5.41) is 0.729. The highest BCUT2D eigenvalue weighted by molar-refractivity contribution is 6.42. The van der Waals surface area contributed by atoms with Crippen LogP contribution in [-0.2, 0) is 11.0 Å².